The van der Waals surface area contributed by atoms with Crippen molar-refractivity contribution in [2.24, 2.45) is 0 Å². The monoisotopic (exact) mass is 287 g/mol. The van der Waals surface area contributed by atoms with Gasteiger partial charge in [0, 0.05) is 43.3 Å². The maximum atomic E-state index is 11.7. The highest BCUT2D eigenvalue weighted by molar-refractivity contribution is 7.09. The third-order valence-corrected chi connectivity index (χ3v) is 4.19. The molecule has 1 N–H and O–H groups in total. The maximum absolute atomic E-state index is 11.7. The van der Waals surface area contributed by atoms with Gasteiger partial charge in [-0.15, -0.1) is 11.3 Å². The van der Waals surface area contributed by atoms with E-state index in [2.05, 4.69) is 22.4 Å². The van der Waals surface area contributed by atoms with E-state index in [1.807, 2.05) is 28.6 Å². The minimum atomic E-state index is 0.236. The van der Waals surface area contributed by atoms with E-state index in [0.29, 0.717) is 6.42 Å². The predicted molar refractivity (Wildman–Crippen MR) is 80.7 cm³/mol. The van der Waals surface area contributed by atoms with E-state index in [-0.39, 0.29) is 5.91 Å². The zero-order valence-corrected chi connectivity index (χ0v) is 12.0. The summed E-state index contributed by atoms with van der Waals surface area (Å²) in [5.74, 6) is 0.236. The lowest BCUT2D eigenvalue weighted by molar-refractivity contribution is -0.117. The standard InChI is InChI=1S/C15H17N3OS/c19-15-2-1-8-18(15)13-5-3-12(4-6-13)10-16-11-14-17-7-9-20-14/h3-7,9,16H,1-2,8,10-11H2. The Kier molecular flexibility index (Phi) is 4.08. The summed E-state index contributed by atoms with van der Waals surface area (Å²) in [7, 11) is 0. The second-order valence-electron chi connectivity index (χ2n) is 4.84. The molecule has 0 spiro atoms. The SMILES string of the molecule is O=C1CCCN1c1ccc(CNCc2nccs2)cc1. The van der Waals surface area contributed by atoms with Crippen LogP contribution < -0.4 is 10.2 Å². The van der Waals surface area contributed by atoms with Gasteiger partial charge in [-0.2, -0.15) is 0 Å². The van der Waals surface area contributed by atoms with Crippen molar-refractivity contribution < 1.29 is 4.79 Å². The summed E-state index contributed by atoms with van der Waals surface area (Å²) in [6.07, 6.45) is 3.47. The van der Waals surface area contributed by atoms with Gasteiger partial charge in [-0.05, 0) is 24.1 Å². The Balaban J connectivity index is 1.54. The van der Waals surface area contributed by atoms with Gasteiger partial charge in [-0.1, -0.05) is 12.1 Å². The summed E-state index contributed by atoms with van der Waals surface area (Å²) in [6, 6.07) is 8.22. The van der Waals surface area contributed by atoms with Crippen LogP contribution in [0.15, 0.2) is 35.8 Å². The minimum absolute atomic E-state index is 0.236. The molecule has 0 atom stereocenters. The van der Waals surface area contributed by atoms with Crippen LogP contribution in [0.25, 0.3) is 0 Å². The summed E-state index contributed by atoms with van der Waals surface area (Å²) in [5.41, 5.74) is 2.23. The van der Waals surface area contributed by atoms with Gasteiger partial charge >= 0.3 is 0 Å². The molecule has 1 aromatic heterocycles. The maximum Gasteiger partial charge on any atom is 0.227 e. The van der Waals surface area contributed by atoms with E-state index in [0.717, 1.165) is 36.8 Å². The number of carbonyl (C=O) groups excluding carboxylic acids is 1. The third-order valence-electron chi connectivity index (χ3n) is 3.41. The zero-order valence-electron chi connectivity index (χ0n) is 11.2. The Labute approximate surface area is 122 Å². The van der Waals surface area contributed by atoms with Crippen molar-refractivity contribution in [3.63, 3.8) is 0 Å². The molecule has 1 aliphatic heterocycles. The number of nitrogens with one attached hydrogen (secondary N) is 1. The number of hydrogen-bond donors (Lipinski definition) is 1. The van der Waals surface area contributed by atoms with Crippen LogP contribution in [-0.4, -0.2) is 17.4 Å². The molecule has 5 heteroatoms. The van der Waals surface area contributed by atoms with E-state index in [1.165, 1.54) is 5.56 Å². The molecule has 2 aromatic rings. The molecule has 4 nitrogen and oxygen atoms in total. The van der Waals surface area contributed by atoms with Crippen molar-refractivity contribution in [3.05, 3.63) is 46.4 Å². The van der Waals surface area contributed by atoms with Crippen LogP contribution in [0.3, 0.4) is 0 Å². The molecule has 0 radical (unpaired) electrons. The summed E-state index contributed by atoms with van der Waals surface area (Å²) in [5, 5.41) is 6.46. The Morgan fingerprint density at radius 1 is 1.25 bits per heavy atom. The van der Waals surface area contributed by atoms with E-state index in [1.54, 1.807) is 11.3 Å². The lowest BCUT2D eigenvalue weighted by Crippen LogP contribution is -2.23. The number of anilines is 1. The number of carbonyl (C=O) groups is 1. The molecule has 0 unspecified atom stereocenters. The highest BCUT2D eigenvalue weighted by Crippen LogP contribution is 2.21. The van der Waals surface area contributed by atoms with Crippen LogP contribution in [0.4, 0.5) is 5.69 Å². The second-order valence-corrected chi connectivity index (χ2v) is 5.82. The van der Waals surface area contributed by atoms with Gasteiger partial charge in [0.05, 0.1) is 0 Å². The number of amides is 1. The first-order valence-corrected chi connectivity index (χ1v) is 7.69. The summed E-state index contributed by atoms with van der Waals surface area (Å²) in [6.45, 7) is 2.46. The molecule has 0 bridgehead atoms. The van der Waals surface area contributed by atoms with Gasteiger partial charge in [0.1, 0.15) is 5.01 Å². The van der Waals surface area contributed by atoms with E-state index < -0.39 is 0 Å². The fraction of sp³-hybridized carbons (Fsp3) is 0.333. The fourth-order valence-corrected chi connectivity index (χ4v) is 2.95. The molecular weight excluding hydrogens is 270 g/mol. The second kappa shape index (κ2) is 6.15. The predicted octanol–water partition coefficient (Wildman–Crippen LogP) is 2.56. The van der Waals surface area contributed by atoms with Crippen LogP contribution in [0.2, 0.25) is 0 Å². The summed E-state index contributed by atoms with van der Waals surface area (Å²) < 4.78 is 0. The lowest BCUT2D eigenvalue weighted by atomic mass is 10.2. The molecule has 0 aliphatic carbocycles. The van der Waals surface area contributed by atoms with E-state index in [4.69, 9.17) is 0 Å². The van der Waals surface area contributed by atoms with Crippen molar-refractivity contribution >= 4 is 22.9 Å². The smallest absolute Gasteiger partial charge is 0.227 e. The molecular formula is C15H17N3OS. The topological polar surface area (TPSA) is 45.2 Å². The molecule has 1 aromatic carbocycles. The average molecular weight is 287 g/mol. The Morgan fingerprint density at radius 3 is 2.75 bits per heavy atom. The van der Waals surface area contributed by atoms with Crippen LogP contribution in [0.5, 0.6) is 0 Å². The first-order chi connectivity index (χ1) is 9.83. The van der Waals surface area contributed by atoms with Gasteiger partial charge in [0.2, 0.25) is 5.91 Å². The molecule has 20 heavy (non-hydrogen) atoms. The molecule has 3 rings (SSSR count). The van der Waals surface area contributed by atoms with Gasteiger partial charge in [0.25, 0.3) is 0 Å². The van der Waals surface area contributed by atoms with Crippen LogP contribution in [-0.2, 0) is 17.9 Å². The summed E-state index contributed by atoms with van der Waals surface area (Å²) >= 11 is 1.66. The van der Waals surface area contributed by atoms with Gasteiger partial charge in [-0.3, -0.25) is 4.79 Å². The van der Waals surface area contributed by atoms with Crippen molar-refractivity contribution in [2.75, 3.05) is 11.4 Å². The lowest BCUT2D eigenvalue weighted by Gasteiger charge is -2.16. The van der Waals surface area contributed by atoms with Crippen molar-refractivity contribution in [1.29, 1.82) is 0 Å². The number of aromatic nitrogens is 1. The third kappa shape index (κ3) is 3.05. The quantitative estimate of drug-likeness (QED) is 0.919. The van der Waals surface area contributed by atoms with Crippen molar-refractivity contribution in [1.82, 2.24) is 10.3 Å². The number of thiazole rings is 1. The van der Waals surface area contributed by atoms with Gasteiger partial charge < -0.3 is 10.2 Å². The molecule has 2 heterocycles. The van der Waals surface area contributed by atoms with E-state index >= 15 is 0 Å². The van der Waals surface area contributed by atoms with Crippen LogP contribution >= 0.6 is 11.3 Å². The normalized spacial score (nSPS) is 15.0. The van der Waals surface area contributed by atoms with Gasteiger partial charge in [0.15, 0.2) is 0 Å². The fourth-order valence-electron chi connectivity index (χ4n) is 2.37. The molecule has 0 saturated carbocycles. The minimum Gasteiger partial charge on any atom is -0.312 e. The number of hydrogen-bond acceptors (Lipinski definition) is 4. The summed E-state index contributed by atoms with van der Waals surface area (Å²) in [4.78, 5) is 17.8. The molecule has 104 valence electrons. The molecule has 1 aliphatic rings. The van der Waals surface area contributed by atoms with Crippen molar-refractivity contribution in [2.45, 2.75) is 25.9 Å². The van der Waals surface area contributed by atoms with Gasteiger partial charge in [-0.25, -0.2) is 4.98 Å². The zero-order chi connectivity index (χ0) is 13.8. The Hall–Kier alpha value is -1.72. The average Bonchev–Trinajstić information content (AvgIpc) is 3.11. The highest BCUT2D eigenvalue weighted by atomic mass is 32.1. The Morgan fingerprint density at radius 2 is 2.10 bits per heavy atom. The first kappa shape index (κ1) is 13.3. The first-order valence-electron chi connectivity index (χ1n) is 6.81. The molecule has 1 saturated heterocycles. The largest absolute Gasteiger partial charge is 0.312 e. The Bertz CT molecular complexity index is 565. The van der Waals surface area contributed by atoms with Crippen LogP contribution in [0.1, 0.15) is 23.4 Å². The molecule has 1 amide bonds. The van der Waals surface area contributed by atoms with E-state index in [9.17, 15) is 4.79 Å². The number of nitrogens with zero attached hydrogens (tertiary/aromatic N) is 2. The number of rotatable bonds is 5. The molecule has 1 fully saturated rings. The highest BCUT2D eigenvalue weighted by Gasteiger charge is 2.21. The van der Waals surface area contributed by atoms with Crippen LogP contribution in [0, 0.1) is 0 Å². The van der Waals surface area contributed by atoms with Crippen molar-refractivity contribution in [3.8, 4) is 0 Å². The number of benzene rings is 1.